The number of aromatic nitrogens is 1. The third-order valence-corrected chi connectivity index (χ3v) is 5.58. The minimum atomic E-state index is -0.0442. The lowest BCUT2D eigenvalue weighted by Crippen LogP contribution is -2.34. The number of pyridine rings is 1. The second kappa shape index (κ2) is 9.01. The molecule has 0 spiro atoms. The number of benzene rings is 2. The van der Waals surface area contributed by atoms with Gasteiger partial charge in [-0.05, 0) is 35.2 Å². The number of amides is 1. The van der Waals surface area contributed by atoms with E-state index in [1.54, 1.807) is 0 Å². The number of rotatable bonds is 5. The summed E-state index contributed by atoms with van der Waals surface area (Å²) < 4.78 is 0. The Balaban J connectivity index is 1.52. The van der Waals surface area contributed by atoms with Crippen LogP contribution in [-0.4, -0.2) is 47.4 Å². The van der Waals surface area contributed by atoms with E-state index < -0.39 is 0 Å². The van der Waals surface area contributed by atoms with Crippen molar-refractivity contribution in [1.29, 1.82) is 0 Å². The van der Waals surface area contributed by atoms with E-state index in [1.165, 1.54) is 16.7 Å². The molecule has 4 rings (SSSR count). The average molecular weight is 386 g/mol. The van der Waals surface area contributed by atoms with Crippen LogP contribution in [-0.2, 0) is 17.8 Å². The Hall–Kier alpha value is -2.98. The SMILES string of the molecule is CN1CCN(Cc2ccccn2)CC(Cc2cccc(-c3ccccc3)c2)C1=O. The van der Waals surface area contributed by atoms with Gasteiger partial charge in [0.2, 0.25) is 5.91 Å². The first-order valence-electron chi connectivity index (χ1n) is 10.2. The van der Waals surface area contributed by atoms with Crippen molar-refractivity contribution in [3.05, 3.63) is 90.3 Å². The van der Waals surface area contributed by atoms with Gasteiger partial charge in [-0.3, -0.25) is 14.7 Å². The van der Waals surface area contributed by atoms with Crippen LogP contribution in [0.3, 0.4) is 0 Å². The summed E-state index contributed by atoms with van der Waals surface area (Å²) in [5, 5.41) is 0. The minimum Gasteiger partial charge on any atom is -0.344 e. The van der Waals surface area contributed by atoms with Crippen molar-refractivity contribution in [3.63, 3.8) is 0 Å². The molecule has 1 atom stereocenters. The van der Waals surface area contributed by atoms with Gasteiger partial charge in [0, 0.05) is 39.4 Å². The maximum absolute atomic E-state index is 13.0. The van der Waals surface area contributed by atoms with Gasteiger partial charge in [0.15, 0.2) is 0 Å². The van der Waals surface area contributed by atoms with E-state index in [9.17, 15) is 4.79 Å². The van der Waals surface area contributed by atoms with Gasteiger partial charge in [0.1, 0.15) is 0 Å². The van der Waals surface area contributed by atoms with Crippen LogP contribution in [0.15, 0.2) is 79.0 Å². The number of likely N-dealkylation sites (N-methyl/N-ethyl adjacent to an activating group) is 1. The van der Waals surface area contributed by atoms with Gasteiger partial charge in [-0.2, -0.15) is 0 Å². The van der Waals surface area contributed by atoms with Crippen molar-refractivity contribution in [3.8, 4) is 11.1 Å². The largest absolute Gasteiger partial charge is 0.344 e. The fourth-order valence-corrected chi connectivity index (χ4v) is 4.00. The highest BCUT2D eigenvalue weighted by atomic mass is 16.2. The van der Waals surface area contributed by atoms with Gasteiger partial charge in [0.25, 0.3) is 0 Å². The van der Waals surface area contributed by atoms with Gasteiger partial charge >= 0.3 is 0 Å². The predicted molar refractivity (Wildman–Crippen MR) is 116 cm³/mol. The van der Waals surface area contributed by atoms with Crippen LogP contribution >= 0.6 is 0 Å². The highest BCUT2D eigenvalue weighted by Gasteiger charge is 2.28. The predicted octanol–water partition coefficient (Wildman–Crippen LogP) is 3.88. The van der Waals surface area contributed by atoms with Crippen LogP contribution in [0.1, 0.15) is 11.3 Å². The summed E-state index contributed by atoms with van der Waals surface area (Å²) in [6, 6.07) is 25.0. The number of carbonyl (C=O) groups is 1. The molecule has 4 nitrogen and oxygen atoms in total. The molecule has 1 aliphatic rings. The molecule has 1 unspecified atom stereocenters. The molecule has 0 bridgehead atoms. The molecule has 1 amide bonds. The van der Waals surface area contributed by atoms with Gasteiger partial charge in [-0.25, -0.2) is 0 Å². The second-order valence-corrected chi connectivity index (χ2v) is 7.78. The smallest absolute Gasteiger partial charge is 0.227 e. The van der Waals surface area contributed by atoms with Gasteiger partial charge < -0.3 is 4.90 Å². The van der Waals surface area contributed by atoms with E-state index in [4.69, 9.17) is 0 Å². The molecule has 148 valence electrons. The third-order valence-electron chi connectivity index (χ3n) is 5.58. The fraction of sp³-hybridized carbons (Fsp3) is 0.280. The molecule has 1 saturated heterocycles. The highest BCUT2D eigenvalue weighted by Crippen LogP contribution is 2.23. The molecule has 1 aromatic heterocycles. The standard InChI is InChI=1S/C25H27N3O/c1-27-14-15-28(19-24-12-5-6-13-26-24)18-23(25(27)29)17-20-8-7-11-22(16-20)21-9-3-2-4-10-21/h2-13,16,23H,14-15,17-19H2,1H3. The molecule has 3 aromatic rings. The summed E-state index contributed by atoms with van der Waals surface area (Å²) >= 11 is 0. The van der Waals surface area contributed by atoms with Crippen LogP contribution < -0.4 is 0 Å². The van der Waals surface area contributed by atoms with Crippen molar-refractivity contribution in [2.75, 3.05) is 26.7 Å². The topological polar surface area (TPSA) is 36.4 Å². The van der Waals surface area contributed by atoms with Gasteiger partial charge in [0.05, 0.1) is 11.6 Å². The summed E-state index contributed by atoms with van der Waals surface area (Å²) in [6.45, 7) is 3.17. The maximum Gasteiger partial charge on any atom is 0.227 e. The first-order chi connectivity index (χ1) is 14.2. The monoisotopic (exact) mass is 385 g/mol. The summed E-state index contributed by atoms with van der Waals surface area (Å²) in [6.07, 6.45) is 2.58. The molecule has 29 heavy (non-hydrogen) atoms. The maximum atomic E-state index is 13.0. The molecule has 2 aromatic carbocycles. The quantitative estimate of drug-likeness (QED) is 0.669. The molecular weight excluding hydrogens is 358 g/mol. The Morgan fingerprint density at radius 3 is 2.52 bits per heavy atom. The minimum absolute atomic E-state index is 0.0442. The summed E-state index contributed by atoms with van der Waals surface area (Å²) in [7, 11) is 1.92. The molecule has 1 fully saturated rings. The Labute approximate surface area is 172 Å². The first kappa shape index (κ1) is 19.3. The molecule has 0 saturated carbocycles. The zero-order chi connectivity index (χ0) is 20.1. The van der Waals surface area contributed by atoms with Gasteiger partial charge in [-0.1, -0.05) is 60.7 Å². The van der Waals surface area contributed by atoms with Crippen LogP contribution in [0, 0.1) is 5.92 Å². The van der Waals surface area contributed by atoms with Crippen LogP contribution in [0.2, 0.25) is 0 Å². The van der Waals surface area contributed by atoms with Crippen molar-refractivity contribution < 1.29 is 4.79 Å². The van der Waals surface area contributed by atoms with E-state index in [-0.39, 0.29) is 11.8 Å². The normalized spacial score (nSPS) is 17.9. The average Bonchev–Trinajstić information content (AvgIpc) is 2.89. The van der Waals surface area contributed by atoms with E-state index >= 15 is 0 Å². The highest BCUT2D eigenvalue weighted by molar-refractivity contribution is 5.79. The lowest BCUT2D eigenvalue weighted by Gasteiger charge is -2.23. The summed E-state index contributed by atoms with van der Waals surface area (Å²) in [4.78, 5) is 21.7. The van der Waals surface area contributed by atoms with E-state index in [0.29, 0.717) is 0 Å². The van der Waals surface area contributed by atoms with Crippen LogP contribution in [0.25, 0.3) is 11.1 Å². The molecule has 0 N–H and O–H groups in total. The summed E-state index contributed by atoms with van der Waals surface area (Å²) in [5.41, 5.74) is 4.66. The van der Waals surface area contributed by atoms with E-state index in [1.807, 2.05) is 36.3 Å². The van der Waals surface area contributed by atoms with E-state index in [0.717, 1.165) is 38.3 Å². The van der Waals surface area contributed by atoms with Crippen molar-refractivity contribution in [2.24, 2.45) is 5.92 Å². The fourth-order valence-electron chi connectivity index (χ4n) is 4.00. The van der Waals surface area contributed by atoms with Crippen molar-refractivity contribution in [1.82, 2.24) is 14.8 Å². The van der Waals surface area contributed by atoms with Crippen molar-refractivity contribution >= 4 is 5.91 Å². The molecule has 4 heteroatoms. The number of nitrogens with zero attached hydrogens (tertiary/aromatic N) is 3. The van der Waals surface area contributed by atoms with Gasteiger partial charge in [-0.15, -0.1) is 0 Å². The number of hydrogen-bond donors (Lipinski definition) is 0. The zero-order valence-electron chi connectivity index (χ0n) is 16.9. The Bertz CT molecular complexity index is 943. The Morgan fingerprint density at radius 1 is 0.931 bits per heavy atom. The van der Waals surface area contributed by atoms with Crippen molar-refractivity contribution in [2.45, 2.75) is 13.0 Å². The molecule has 0 radical (unpaired) electrons. The molecule has 1 aliphatic heterocycles. The molecule has 0 aliphatic carbocycles. The zero-order valence-corrected chi connectivity index (χ0v) is 16.9. The number of hydrogen-bond acceptors (Lipinski definition) is 3. The summed E-state index contributed by atoms with van der Waals surface area (Å²) in [5.74, 6) is 0.191. The van der Waals surface area contributed by atoms with Crippen LogP contribution in [0.5, 0.6) is 0 Å². The van der Waals surface area contributed by atoms with Crippen LogP contribution in [0.4, 0.5) is 0 Å². The molecular formula is C25H27N3O. The Kier molecular flexibility index (Phi) is 6.01. The third kappa shape index (κ3) is 4.90. The number of carbonyl (C=O) groups excluding carboxylic acids is 1. The lowest BCUT2D eigenvalue weighted by molar-refractivity contribution is -0.133. The Morgan fingerprint density at radius 2 is 1.72 bits per heavy atom. The molecule has 2 heterocycles. The first-order valence-corrected chi connectivity index (χ1v) is 10.2. The lowest BCUT2D eigenvalue weighted by atomic mass is 9.95. The van der Waals surface area contributed by atoms with E-state index in [2.05, 4.69) is 64.5 Å². The second-order valence-electron chi connectivity index (χ2n) is 7.78.